The van der Waals surface area contributed by atoms with Crippen molar-refractivity contribution in [3.63, 3.8) is 0 Å². The Morgan fingerprint density at radius 2 is 1.58 bits per heavy atom. The first-order chi connectivity index (χ1) is 11.4. The van der Waals surface area contributed by atoms with Crippen molar-refractivity contribution in [3.8, 4) is 11.5 Å². The van der Waals surface area contributed by atoms with Crippen molar-refractivity contribution in [2.24, 2.45) is 0 Å². The van der Waals surface area contributed by atoms with E-state index in [1.54, 1.807) is 31.4 Å². The van der Waals surface area contributed by atoms with Crippen LogP contribution in [0.15, 0.2) is 48.5 Å². The fourth-order valence-corrected chi connectivity index (χ4v) is 3.19. The highest BCUT2D eigenvalue weighted by Gasteiger charge is 2.18. The zero-order valence-electron chi connectivity index (χ0n) is 13.6. The standard InChI is InChI=1S/C17H20FNO4S/c1-19(11-12-23-17-9-7-16(22-2)8-10-17)24(20,21)13-14-3-5-15(18)6-4-14/h3-10H,11-13H2,1-2H3. The van der Waals surface area contributed by atoms with Crippen LogP contribution in [-0.2, 0) is 15.8 Å². The van der Waals surface area contributed by atoms with Crippen molar-refractivity contribution in [1.29, 1.82) is 0 Å². The molecule has 0 radical (unpaired) electrons. The summed E-state index contributed by atoms with van der Waals surface area (Å²) >= 11 is 0. The fraction of sp³-hybridized carbons (Fsp3) is 0.294. The Morgan fingerprint density at radius 1 is 1.00 bits per heavy atom. The van der Waals surface area contributed by atoms with E-state index in [0.29, 0.717) is 11.3 Å². The van der Waals surface area contributed by atoms with Gasteiger partial charge in [-0.05, 0) is 42.0 Å². The highest BCUT2D eigenvalue weighted by atomic mass is 32.2. The predicted octanol–water partition coefficient (Wildman–Crippen LogP) is 2.67. The summed E-state index contributed by atoms with van der Waals surface area (Å²) in [6.45, 7) is 0.445. The van der Waals surface area contributed by atoms with Crippen LogP contribution < -0.4 is 9.47 Å². The van der Waals surface area contributed by atoms with Gasteiger partial charge in [-0.25, -0.2) is 17.1 Å². The summed E-state index contributed by atoms with van der Waals surface area (Å²) < 4.78 is 49.2. The molecule has 2 aromatic rings. The van der Waals surface area contributed by atoms with Crippen LogP contribution in [0, 0.1) is 5.82 Å². The molecule has 0 N–H and O–H groups in total. The van der Waals surface area contributed by atoms with Gasteiger partial charge < -0.3 is 9.47 Å². The van der Waals surface area contributed by atoms with Crippen molar-refractivity contribution in [1.82, 2.24) is 4.31 Å². The van der Waals surface area contributed by atoms with Crippen LogP contribution in [0.3, 0.4) is 0 Å². The lowest BCUT2D eigenvalue weighted by Gasteiger charge is -2.17. The zero-order chi connectivity index (χ0) is 17.6. The molecule has 0 spiro atoms. The number of ether oxygens (including phenoxy) is 2. The van der Waals surface area contributed by atoms with E-state index in [2.05, 4.69) is 0 Å². The van der Waals surface area contributed by atoms with E-state index in [4.69, 9.17) is 9.47 Å². The number of nitrogens with zero attached hydrogens (tertiary/aromatic N) is 1. The van der Waals surface area contributed by atoms with E-state index < -0.39 is 15.8 Å². The van der Waals surface area contributed by atoms with Crippen LogP contribution in [0.4, 0.5) is 4.39 Å². The molecule has 2 rings (SSSR count). The lowest BCUT2D eigenvalue weighted by molar-refractivity contribution is 0.286. The second-order valence-corrected chi connectivity index (χ2v) is 7.30. The SMILES string of the molecule is COc1ccc(OCCN(C)S(=O)(=O)Cc2ccc(F)cc2)cc1. The molecule has 24 heavy (non-hydrogen) atoms. The maximum Gasteiger partial charge on any atom is 0.218 e. The van der Waals surface area contributed by atoms with Gasteiger partial charge in [-0.15, -0.1) is 0 Å². The molecular weight excluding hydrogens is 333 g/mol. The van der Waals surface area contributed by atoms with E-state index in [-0.39, 0.29) is 18.9 Å². The Balaban J connectivity index is 1.85. The molecule has 5 nitrogen and oxygen atoms in total. The average molecular weight is 353 g/mol. The summed E-state index contributed by atoms with van der Waals surface area (Å²) in [5, 5.41) is 0. The molecule has 0 atom stereocenters. The smallest absolute Gasteiger partial charge is 0.218 e. The Morgan fingerprint density at radius 3 is 2.17 bits per heavy atom. The second-order valence-electron chi connectivity index (χ2n) is 5.23. The molecule has 2 aromatic carbocycles. The minimum atomic E-state index is -3.48. The van der Waals surface area contributed by atoms with Gasteiger partial charge in [0.25, 0.3) is 0 Å². The van der Waals surface area contributed by atoms with Gasteiger partial charge in [-0.3, -0.25) is 0 Å². The minimum absolute atomic E-state index is 0.174. The summed E-state index contributed by atoms with van der Waals surface area (Å²) in [6.07, 6.45) is 0. The van der Waals surface area contributed by atoms with Gasteiger partial charge in [-0.2, -0.15) is 0 Å². The highest BCUT2D eigenvalue weighted by Crippen LogP contribution is 2.17. The first-order valence-electron chi connectivity index (χ1n) is 7.36. The molecule has 0 fully saturated rings. The molecule has 0 bridgehead atoms. The highest BCUT2D eigenvalue weighted by molar-refractivity contribution is 7.88. The van der Waals surface area contributed by atoms with Crippen molar-refractivity contribution < 1.29 is 22.3 Å². The number of rotatable bonds is 8. The first-order valence-corrected chi connectivity index (χ1v) is 8.97. The summed E-state index contributed by atoms with van der Waals surface area (Å²) in [7, 11) is -0.404. The zero-order valence-corrected chi connectivity index (χ0v) is 14.4. The van der Waals surface area contributed by atoms with Gasteiger partial charge in [0.15, 0.2) is 0 Å². The molecule has 0 aromatic heterocycles. The largest absolute Gasteiger partial charge is 0.497 e. The van der Waals surface area contributed by atoms with E-state index >= 15 is 0 Å². The first kappa shape index (κ1) is 18.2. The summed E-state index contributed by atoms with van der Waals surface area (Å²) in [6, 6.07) is 12.5. The number of methoxy groups -OCH3 is 1. The number of hydrogen-bond acceptors (Lipinski definition) is 4. The van der Waals surface area contributed by atoms with Crippen molar-refractivity contribution in [2.75, 3.05) is 27.3 Å². The second kappa shape index (κ2) is 8.12. The average Bonchev–Trinajstić information content (AvgIpc) is 2.57. The summed E-state index contributed by atoms with van der Waals surface area (Å²) in [5.41, 5.74) is 0.541. The number of sulfonamides is 1. The number of halogens is 1. The molecular formula is C17H20FNO4S. The maximum atomic E-state index is 12.9. The van der Waals surface area contributed by atoms with Crippen molar-refractivity contribution >= 4 is 10.0 Å². The molecule has 0 heterocycles. The van der Waals surface area contributed by atoms with E-state index in [9.17, 15) is 12.8 Å². The van der Waals surface area contributed by atoms with Gasteiger partial charge in [-0.1, -0.05) is 12.1 Å². The molecule has 7 heteroatoms. The summed E-state index contributed by atoms with van der Waals surface area (Å²) in [4.78, 5) is 0. The van der Waals surface area contributed by atoms with E-state index in [0.717, 1.165) is 5.75 Å². The third-order valence-corrected chi connectivity index (χ3v) is 5.30. The molecule has 0 saturated heterocycles. The molecule has 0 saturated carbocycles. The molecule has 0 aliphatic heterocycles. The van der Waals surface area contributed by atoms with Gasteiger partial charge in [0.05, 0.1) is 12.9 Å². The molecule has 0 amide bonds. The monoisotopic (exact) mass is 353 g/mol. The number of hydrogen-bond donors (Lipinski definition) is 0. The number of likely N-dealkylation sites (N-methyl/N-ethyl adjacent to an activating group) is 1. The van der Waals surface area contributed by atoms with Crippen LogP contribution in [0.1, 0.15) is 5.56 Å². The van der Waals surface area contributed by atoms with Gasteiger partial charge in [0.2, 0.25) is 10.0 Å². The third-order valence-electron chi connectivity index (χ3n) is 3.47. The van der Waals surface area contributed by atoms with Crippen LogP contribution in [0.2, 0.25) is 0 Å². The normalized spacial score (nSPS) is 11.5. The van der Waals surface area contributed by atoms with Crippen LogP contribution in [0.25, 0.3) is 0 Å². The fourth-order valence-electron chi connectivity index (χ4n) is 2.00. The topological polar surface area (TPSA) is 55.8 Å². The van der Waals surface area contributed by atoms with Gasteiger partial charge in [0, 0.05) is 13.6 Å². The van der Waals surface area contributed by atoms with Crippen molar-refractivity contribution in [2.45, 2.75) is 5.75 Å². The van der Waals surface area contributed by atoms with Gasteiger partial charge >= 0.3 is 0 Å². The Bertz CT molecular complexity index is 745. The van der Waals surface area contributed by atoms with Crippen LogP contribution >= 0.6 is 0 Å². The lowest BCUT2D eigenvalue weighted by Crippen LogP contribution is -2.32. The number of benzene rings is 2. The van der Waals surface area contributed by atoms with Crippen LogP contribution in [-0.4, -0.2) is 40.0 Å². The summed E-state index contributed by atoms with van der Waals surface area (Å²) in [5.74, 6) is 0.797. The molecule has 130 valence electrons. The predicted molar refractivity (Wildman–Crippen MR) is 90.1 cm³/mol. The van der Waals surface area contributed by atoms with E-state index in [1.165, 1.54) is 35.6 Å². The van der Waals surface area contributed by atoms with Crippen LogP contribution in [0.5, 0.6) is 11.5 Å². The Hall–Kier alpha value is -2.12. The lowest BCUT2D eigenvalue weighted by atomic mass is 10.2. The molecule has 0 unspecified atom stereocenters. The molecule has 0 aliphatic carbocycles. The van der Waals surface area contributed by atoms with E-state index in [1.807, 2.05) is 0 Å². The Kier molecular flexibility index (Phi) is 6.16. The Labute approximate surface area is 141 Å². The third kappa shape index (κ3) is 5.21. The van der Waals surface area contributed by atoms with Gasteiger partial charge in [0.1, 0.15) is 23.9 Å². The van der Waals surface area contributed by atoms with Crippen molar-refractivity contribution in [3.05, 3.63) is 59.9 Å². The maximum absolute atomic E-state index is 12.9. The molecule has 0 aliphatic rings. The quantitative estimate of drug-likeness (QED) is 0.732. The minimum Gasteiger partial charge on any atom is -0.497 e.